The molecule has 8 heteroatoms. The summed E-state index contributed by atoms with van der Waals surface area (Å²) in [4.78, 5) is 4.66. The molecule has 3 rings (SSSR count). The highest BCUT2D eigenvalue weighted by Crippen LogP contribution is 2.36. The average molecular weight is 546 g/mol. The molecule has 0 saturated heterocycles. The molecule has 29 heavy (non-hydrogen) atoms. The topological polar surface area (TPSA) is 48.0 Å². The lowest BCUT2D eigenvalue weighted by Crippen LogP contribution is -2.42. The van der Waals surface area contributed by atoms with E-state index >= 15 is 0 Å². The number of nitrogens with zero attached hydrogens (tertiary/aromatic N) is 1. The molecule has 2 unspecified atom stereocenters. The third-order valence-corrected chi connectivity index (χ3v) is 7.38. The highest BCUT2D eigenvalue weighted by atomic mass is 79.9. The summed E-state index contributed by atoms with van der Waals surface area (Å²) in [6.45, 7) is 5.56. The third-order valence-electron chi connectivity index (χ3n) is 4.33. The van der Waals surface area contributed by atoms with Gasteiger partial charge in [-0.25, -0.2) is 13.8 Å². The summed E-state index contributed by atoms with van der Waals surface area (Å²) in [6, 6.07) is 10.6. The normalized spacial score (nSPS) is 14.2. The maximum Gasteiger partial charge on any atom is 0.136 e. The second-order valence-electron chi connectivity index (χ2n) is 7.68. The van der Waals surface area contributed by atoms with E-state index in [-0.39, 0.29) is 6.42 Å². The minimum Gasteiger partial charge on any atom is -0.598 e. The summed E-state index contributed by atoms with van der Waals surface area (Å²) in [5.41, 5.74) is 1.06. The van der Waals surface area contributed by atoms with Gasteiger partial charge in [-0.2, -0.15) is 0 Å². The van der Waals surface area contributed by atoms with Crippen LogP contribution in [-0.4, -0.2) is 14.3 Å². The Morgan fingerprint density at radius 1 is 1.07 bits per heavy atom. The highest BCUT2D eigenvalue weighted by Gasteiger charge is 2.32. The van der Waals surface area contributed by atoms with E-state index < -0.39 is 33.8 Å². The first kappa shape index (κ1) is 22.6. The Bertz CT molecular complexity index is 1020. The first-order valence-corrected chi connectivity index (χ1v) is 11.7. The number of nitrogens with one attached hydrogen (secondary N) is 1. The van der Waals surface area contributed by atoms with Crippen molar-refractivity contribution in [2.24, 2.45) is 0 Å². The van der Waals surface area contributed by atoms with E-state index in [9.17, 15) is 13.3 Å². The molecule has 1 N–H and O–H groups in total. The number of pyridine rings is 1. The third kappa shape index (κ3) is 5.35. The van der Waals surface area contributed by atoms with E-state index in [0.717, 1.165) is 21.3 Å². The lowest BCUT2D eigenvalue weighted by atomic mass is 10.0. The fraction of sp³-hybridized carbons (Fsp3) is 0.286. The second kappa shape index (κ2) is 8.98. The molecule has 2 atom stereocenters. The lowest BCUT2D eigenvalue weighted by molar-refractivity contribution is 0.516. The van der Waals surface area contributed by atoms with Gasteiger partial charge in [0.1, 0.15) is 21.0 Å². The van der Waals surface area contributed by atoms with E-state index in [1.165, 1.54) is 12.1 Å². The Morgan fingerprint density at radius 3 is 2.24 bits per heavy atom. The number of benzene rings is 2. The molecule has 3 nitrogen and oxygen atoms in total. The molecule has 1 aromatic heterocycles. The van der Waals surface area contributed by atoms with Crippen LogP contribution in [0.2, 0.25) is 0 Å². The zero-order chi connectivity index (χ0) is 21.3. The molecule has 0 aliphatic heterocycles. The van der Waals surface area contributed by atoms with Gasteiger partial charge in [0.05, 0.1) is 11.7 Å². The monoisotopic (exact) mass is 544 g/mol. The molecule has 0 amide bonds. The largest absolute Gasteiger partial charge is 0.598 e. The number of hydrogen-bond donors (Lipinski definition) is 1. The smallest absolute Gasteiger partial charge is 0.136 e. The van der Waals surface area contributed by atoms with Crippen LogP contribution in [0.5, 0.6) is 0 Å². The number of fused-ring (bicyclic) bond motifs is 1. The molecule has 3 aromatic rings. The van der Waals surface area contributed by atoms with Crippen LogP contribution >= 0.6 is 31.9 Å². The highest BCUT2D eigenvalue weighted by molar-refractivity contribution is 9.11. The molecule has 0 bridgehead atoms. The van der Waals surface area contributed by atoms with Crippen molar-refractivity contribution >= 4 is 54.0 Å². The number of hydrogen-bond acceptors (Lipinski definition) is 3. The Balaban J connectivity index is 2.09. The predicted molar refractivity (Wildman–Crippen MR) is 121 cm³/mol. The summed E-state index contributed by atoms with van der Waals surface area (Å²) in [5.74, 6) is -1.30. The summed E-state index contributed by atoms with van der Waals surface area (Å²) in [5, 5.41) is 1.86. The molecule has 0 aliphatic carbocycles. The van der Waals surface area contributed by atoms with E-state index in [1.54, 1.807) is 0 Å². The summed E-state index contributed by atoms with van der Waals surface area (Å²) >= 11 is 5.72. The zero-order valence-corrected chi connectivity index (χ0v) is 20.1. The van der Waals surface area contributed by atoms with Gasteiger partial charge in [0, 0.05) is 32.7 Å². The van der Waals surface area contributed by atoms with Crippen LogP contribution in [0, 0.1) is 11.6 Å². The van der Waals surface area contributed by atoms with Gasteiger partial charge in [0.25, 0.3) is 0 Å². The van der Waals surface area contributed by atoms with Crippen LogP contribution < -0.4 is 4.72 Å². The lowest BCUT2D eigenvalue weighted by Gasteiger charge is -2.28. The Kier molecular flexibility index (Phi) is 7.00. The summed E-state index contributed by atoms with van der Waals surface area (Å²) in [7, 11) is 0. The molecular formula is C21H20Br2F2N2OS. The van der Waals surface area contributed by atoms with Gasteiger partial charge in [0.15, 0.2) is 0 Å². The summed E-state index contributed by atoms with van der Waals surface area (Å²) < 4.78 is 44.3. The molecule has 0 saturated carbocycles. The Hall–Kier alpha value is -1.06. The molecule has 0 aliphatic rings. The second-order valence-corrected chi connectivity index (χ2v) is 11.2. The molecule has 2 aromatic carbocycles. The van der Waals surface area contributed by atoms with Gasteiger partial charge in [-0.05, 0) is 76.7 Å². The number of halogens is 4. The van der Waals surface area contributed by atoms with Crippen molar-refractivity contribution in [3.63, 3.8) is 0 Å². The van der Waals surface area contributed by atoms with E-state index in [4.69, 9.17) is 0 Å². The van der Waals surface area contributed by atoms with Crippen LogP contribution in [-0.2, 0) is 17.8 Å². The van der Waals surface area contributed by atoms with E-state index in [1.807, 2.05) is 45.0 Å². The van der Waals surface area contributed by atoms with Gasteiger partial charge in [-0.3, -0.25) is 0 Å². The van der Waals surface area contributed by atoms with Crippen molar-refractivity contribution in [2.45, 2.75) is 38.0 Å². The van der Waals surface area contributed by atoms with Gasteiger partial charge in [-0.1, -0.05) is 24.3 Å². The van der Waals surface area contributed by atoms with Crippen molar-refractivity contribution in [1.82, 2.24) is 9.71 Å². The van der Waals surface area contributed by atoms with Crippen LogP contribution in [0.15, 0.2) is 51.5 Å². The molecule has 0 fully saturated rings. The van der Waals surface area contributed by atoms with Crippen molar-refractivity contribution < 1.29 is 13.3 Å². The van der Waals surface area contributed by atoms with E-state index in [2.05, 4.69) is 41.6 Å². The SMILES string of the molecule is CC(C)(C)[S+]([O-])NC(Cc1cc(F)cc(F)c1)c1nc(Br)c2ccccc2c1Br. The number of aromatic nitrogens is 1. The van der Waals surface area contributed by atoms with Gasteiger partial charge >= 0.3 is 0 Å². The van der Waals surface area contributed by atoms with Gasteiger partial charge < -0.3 is 4.55 Å². The van der Waals surface area contributed by atoms with Crippen LogP contribution in [0.1, 0.15) is 38.1 Å². The fourth-order valence-corrected chi connectivity index (χ4v) is 4.96. The van der Waals surface area contributed by atoms with Crippen molar-refractivity contribution in [1.29, 1.82) is 0 Å². The van der Waals surface area contributed by atoms with Crippen molar-refractivity contribution in [3.8, 4) is 0 Å². The molecule has 1 heterocycles. The number of rotatable bonds is 5. The van der Waals surface area contributed by atoms with Crippen LogP contribution in [0.25, 0.3) is 10.8 Å². The minimum atomic E-state index is -1.41. The molecular weight excluding hydrogens is 526 g/mol. The van der Waals surface area contributed by atoms with Crippen molar-refractivity contribution in [3.05, 3.63) is 74.4 Å². The van der Waals surface area contributed by atoms with E-state index in [0.29, 0.717) is 15.9 Å². The molecule has 154 valence electrons. The summed E-state index contributed by atoms with van der Waals surface area (Å²) in [6.07, 6.45) is 0.215. The van der Waals surface area contributed by atoms with Crippen LogP contribution in [0.4, 0.5) is 8.78 Å². The van der Waals surface area contributed by atoms with Gasteiger partial charge in [0.2, 0.25) is 0 Å². The predicted octanol–water partition coefficient (Wildman–Crippen LogP) is 6.37. The quantitative estimate of drug-likeness (QED) is 0.299. The fourth-order valence-electron chi connectivity index (χ4n) is 2.90. The first-order valence-electron chi connectivity index (χ1n) is 8.93. The molecule has 0 spiro atoms. The first-order chi connectivity index (χ1) is 13.6. The molecule has 0 radical (unpaired) electrons. The average Bonchev–Trinajstić information content (AvgIpc) is 2.62. The maximum absolute atomic E-state index is 13.7. The van der Waals surface area contributed by atoms with Gasteiger partial charge in [-0.15, -0.1) is 4.72 Å². The van der Waals surface area contributed by atoms with Crippen molar-refractivity contribution in [2.75, 3.05) is 0 Å². The van der Waals surface area contributed by atoms with Crippen LogP contribution in [0.3, 0.4) is 0 Å². The Labute approximate surface area is 188 Å². The standard InChI is InChI=1S/C21H20Br2F2N2OS/c1-21(2,3)29(28)27-17(10-12-8-13(24)11-14(25)9-12)19-18(22)15-6-4-5-7-16(15)20(23)26-19/h4-9,11,17,27H,10H2,1-3H3. The zero-order valence-electron chi connectivity index (χ0n) is 16.1. The maximum atomic E-state index is 13.7. The Morgan fingerprint density at radius 2 is 1.66 bits per heavy atom. The minimum absolute atomic E-state index is 0.215.